The monoisotopic (exact) mass is 326 g/mol. The zero-order chi connectivity index (χ0) is 16.6. The smallest absolute Gasteiger partial charge is 0.119 e. The highest BCUT2D eigenvalue weighted by molar-refractivity contribution is 8.00. The third-order valence-electron chi connectivity index (χ3n) is 3.51. The van der Waals surface area contributed by atoms with Crippen molar-refractivity contribution in [2.45, 2.75) is 37.3 Å². The molecular formula is C19H22N2OS. The molecule has 0 aliphatic carbocycles. The minimum absolute atomic E-state index is 0.186. The SMILES string of the molecule is COc1cc(C)cc(-c2cnn3ccc(SC(C)(C)C)cc23)c1. The topological polar surface area (TPSA) is 26.5 Å². The van der Waals surface area contributed by atoms with Crippen molar-refractivity contribution >= 4 is 17.3 Å². The van der Waals surface area contributed by atoms with Crippen LogP contribution in [0.5, 0.6) is 5.75 Å². The van der Waals surface area contributed by atoms with Crippen molar-refractivity contribution in [3.05, 3.63) is 48.3 Å². The Kier molecular flexibility index (Phi) is 4.11. The molecule has 2 aromatic heterocycles. The lowest BCUT2D eigenvalue weighted by Gasteiger charge is -2.17. The number of thioether (sulfide) groups is 1. The van der Waals surface area contributed by atoms with Crippen LogP contribution in [-0.4, -0.2) is 21.5 Å². The second-order valence-electron chi connectivity index (χ2n) is 6.70. The van der Waals surface area contributed by atoms with Crippen LogP contribution < -0.4 is 4.74 Å². The van der Waals surface area contributed by atoms with Crippen molar-refractivity contribution < 1.29 is 4.74 Å². The number of benzene rings is 1. The summed E-state index contributed by atoms with van der Waals surface area (Å²) in [6.07, 6.45) is 3.95. The molecule has 0 spiro atoms. The van der Waals surface area contributed by atoms with Crippen LogP contribution in [-0.2, 0) is 0 Å². The largest absolute Gasteiger partial charge is 0.497 e. The van der Waals surface area contributed by atoms with Gasteiger partial charge in [0, 0.05) is 21.4 Å². The molecule has 0 saturated carbocycles. The molecule has 3 aromatic rings. The molecule has 0 amide bonds. The summed E-state index contributed by atoms with van der Waals surface area (Å²) in [5.41, 5.74) is 4.56. The molecule has 2 heterocycles. The van der Waals surface area contributed by atoms with E-state index in [9.17, 15) is 0 Å². The summed E-state index contributed by atoms with van der Waals surface area (Å²) in [5, 5.41) is 4.48. The second kappa shape index (κ2) is 5.93. The van der Waals surface area contributed by atoms with E-state index in [-0.39, 0.29) is 4.75 Å². The first-order valence-electron chi connectivity index (χ1n) is 7.68. The predicted octanol–water partition coefficient (Wildman–Crippen LogP) is 5.21. The van der Waals surface area contributed by atoms with E-state index in [0.29, 0.717) is 0 Å². The van der Waals surface area contributed by atoms with Gasteiger partial charge in [-0.25, -0.2) is 4.52 Å². The molecule has 4 heteroatoms. The summed E-state index contributed by atoms with van der Waals surface area (Å²) in [4.78, 5) is 1.26. The van der Waals surface area contributed by atoms with E-state index in [1.165, 1.54) is 10.5 Å². The fraction of sp³-hybridized carbons (Fsp3) is 0.316. The number of ether oxygens (including phenoxy) is 1. The van der Waals surface area contributed by atoms with Crippen LogP contribution in [0.4, 0.5) is 0 Å². The van der Waals surface area contributed by atoms with Crippen molar-refractivity contribution in [1.29, 1.82) is 0 Å². The lowest BCUT2D eigenvalue weighted by Crippen LogP contribution is -2.06. The number of methoxy groups -OCH3 is 1. The number of aryl methyl sites for hydroxylation is 1. The molecular weight excluding hydrogens is 304 g/mol. The summed E-state index contributed by atoms with van der Waals surface area (Å²) in [6.45, 7) is 8.76. The van der Waals surface area contributed by atoms with Crippen molar-refractivity contribution in [1.82, 2.24) is 9.61 Å². The van der Waals surface area contributed by atoms with Gasteiger partial charge < -0.3 is 4.74 Å². The Bertz CT molecular complexity index is 846. The van der Waals surface area contributed by atoms with E-state index >= 15 is 0 Å². The fourth-order valence-electron chi connectivity index (χ4n) is 2.62. The molecule has 120 valence electrons. The van der Waals surface area contributed by atoms with Crippen LogP contribution in [0.25, 0.3) is 16.6 Å². The van der Waals surface area contributed by atoms with Gasteiger partial charge in [0.05, 0.1) is 18.8 Å². The Hall–Kier alpha value is -1.94. The van der Waals surface area contributed by atoms with Crippen LogP contribution in [0.2, 0.25) is 0 Å². The molecule has 0 fully saturated rings. The maximum absolute atomic E-state index is 5.40. The lowest BCUT2D eigenvalue weighted by atomic mass is 10.0. The number of hydrogen-bond acceptors (Lipinski definition) is 3. The zero-order valence-corrected chi connectivity index (χ0v) is 15.1. The average Bonchev–Trinajstić information content (AvgIpc) is 2.88. The number of fused-ring (bicyclic) bond motifs is 1. The van der Waals surface area contributed by atoms with Crippen LogP contribution >= 0.6 is 11.8 Å². The first-order valence-corrected chi connectivity index (χ1v) is 8.50. The van der Waals surface area contributed by atoms with Gasteiger partial charge in [0.1, 0.15) is 5.75 Å². The summed E-state index contributed by atoms with van der Waals surface area (Å²) in [7, 11) is 1.70. The van der Waals surface area contributed by atoms with E-state index in [1.807, 2.05) is 34.7 Å². The Morgan fingerprint density at radius 1 is 1.13 bits per heavy atom. The van der Waals surface area contributed by atoms with Crippen molar-refractivity contribution in [3.8, 4) is 16.9 Å². The maximum Gasteiger partial charge on any atom is 0.119 e. The fourth-order valence-corrected chi connectivity index (χ4v) is 3.63. The van der Waals surface area contributed by atoms with Gasteiger partial charge in [-0.05, 0) is 42.3 Å². The number of nitrogens with zero attached hydrogens (tertiary/aromatic N) is 2. The van der Waals surface area contributed by atoms with E-state index < -0.39 is 0 Å². The summed E-state index contributed by atoms with van der Waals surface area (Å²) < 4.78 is 7.52. The molecule has 0 saturated heterocycles. The zero-order valence-electron chi connectivity index (χ0n) is 14.3. The minimum Gasteiger partial charge on any atom is -0.497 e. The Labute approximate surface area is 141 Å². The molecule has 0 aliphatic heterocycles. The van der Waals surface area contributed by atoms with E-state index in [1.54, 1.807) is 7.11 Å². The van der Waals surface area contributed by atoms with Crippen LogP contribution in [0.1, 0.15) is 26.3 Å². The van der Waals surface area contributed by atoms with Gasteiger partial charge in [0.25, 0.3) is 0 Å². The molecule has 3 nitrogen and oxygen atoms in total. The van der Waals surface area contributed by atoms with Gasteiger partial charge in [0.15, 0.2) is 0 Å². The maximum atomic E-state index is 5.40. The molecule has 0 atom stereocenters. The van der Waals surface area contributed by atoms with Gasteiger partial charge in [-0.15, -0.1) is 11.8 Å². The van der Waals surface area contributed by atoms with Gasteiger partial charge in [-0.1, -0.05) is 26.8 Å². The minimum atomic E-state index is 0.186. The van der Waals surface area contributed by atoms with Crippen LogP contribution in [0.3, 0.4) is 0 Å². The first kappa shape index (κ1) is 15.9. The first-order chi connectivity index (χ1) is 10.9. The molecule has 0 unspecified atom stereocenters. The van der Waals surface area contributed by atoms with Gasteiger partial charge >= 0.3 is 0 Å². The van der Waals surface area contributed by atoms with Crippen LogP contribution in [0.15, 0.2) is 47.6 Å². The lowest BCUT2D eigenvalue weighted by molar-refractivity contribution is 0.414. The van der Waals surface area contributed by atoms with E-state index in [4.69, 9.17) is 4.74 Å². The normalized spacial score (nSPS) is 11.9. The van der Waals surface area contributed by atoms with Crippen LogP contribution in [0, 0.1) is 6.92 Å². The Morgan fingerprint density at radius 2 is 1.91 bits per heavy atom. The molecule has 23 heavy (non-hydrogen) atoms. The number of hydrogen-bond donors (Lipinski definition) is 0. The summed E-state index contributed by atoms with van der Waals surface area (Å²) in [6, 6.07) is 10.6. The van der Waals surface area contributed by atoms with Gasteiger partial charge in [-0.2, -0.15) is 5.10 Å². The number of rotatable bonds is 3. The van der Waals surface area contributed by atoms with Crippen molar-refractivity contribution in [3.63, 3.8) is 0 Å². The summed E-state index contributed by atoms with van der Waals surface area (Å²) in [5.74, 6) is 0.875. The molecule has 0 aliphatic rings. The number of pyridine rings is 1. The second-order valence-corrected chi connectivity index (χ2v) is 8.60. The predicted molar refractivity (Wildman–Crippen MR) is 97.5 cm³/mol. The van der Waals surface area contributed by atoms with E-state index in [0.717, 1.165) is 22.4 Å². The molecule has 0 radical (unpaired) electrons. The Balaban J connectivity index is 2.11. The van der Waals surface area contributed by atoms with Crippen molar-refractivity contribution in [2.24, 2.45) is 0 Å². The molecule has 0 bridgehead atoms. The third kappa shape index (κ3) is 3.53. The van der Waals surface area contributed by atoms with E-state index in [2.05, 4.69) is 57.1 Å². The molecule has 0 N–H and O–H groups in total. The Morgan fingerprint density at radius 3 is 2.61 bits per heavy atom. The standard InChI is InChI=1S/C19H22N2OS/c1-13-8-14(10-15(9-13)22-5)17-12-20-21-7-6-16(11-18(17)21)23-19(2,3)4/h6-12H,1-5H3. The van der Waals surface area contributed by atoms with Gasteiger partial charge in [0.2, 0.25) is 0 Å². The quantitative estimate of drug-likeness (QED) is 0.618. The van der Waals surface area contributed by atoms with Gasteiger partial charge in [-0.3, -0.25) is 0 Å². The molecule has 3 rings (SSSR count). The van der Waals surface area contributed by atoms with Crippen molar-refractivity contribution in [2.75, 3.05) is 7.11 Å². The highest BCUT2D eigenvalue weighted by atomic mass is 32.2. The average molecular weight is 326 g/mol. The number of aromatic nitrogens is 2. The summed E-state index contributed by atoms with van der Waals surface area (Å²) >= 11 is 1.87. The third-order valence-corrected chi connectivity index (χ3v) is 4.62. The highest BCUT2D eigenvalue weighted by Gasteiger charge is 2.14. The molecule has 1 aromatic carbocycles. The highest BCUT2D eigenvalue weighted by Crippen LogP contribution is 2.35.